The molecule has 0 saturated carbocycles. The summed E-state index contributed by atoms with van der Waals surface area (Å²) in [5.74, 6) is 0.589. The summed E-state index contributed by atoms with van der Waals surface area (Å²) in [4.78, 5) is 19.3. The molecule has 2 aromatic carbocycles. The zero-order chi connectivity index (χ0) is 23.3. The van der Waals surface area contributed by atoms with Crippen LogP contribution in [0, 0.1) is 0 Å². The van der Waals surface area contributed by atoms with Crippen LogP contribution in [0.4, 0.5) is 5.88 Å². The van der Waals surface area contributed by atoms with Crippen LogP contribution < -0.4 is 5.73 Å². The lowest BCUT2D eigenvalue weighted by atomic mass is 9.89. The Labute approximate surface area is 193 Å². The van der Waals surface area contributed by atoms with Crippen LogP contribution in [0.2, 0.25) is 0 Å². The SMILES string of the molecule is CCOC(C)(c1cccc(C(=O)c2ccccc2)c1)c1cc(N=C(N)N2CCOCC2)on1. The second kappa shape index (κ2) is 9.97. The molecule has 8 heteroatoms. The molecule has 2 heterocycles. The van der Waals surface area contributed by atoms with Gasteiger partial charge < -0.3 is 24.6 Å². The number of aliphatic imine (C=N–C) groups is 1. The fourth-order valence-corrected chi connectivity index (χ4v) is 3.83. The number of ketones is 1. The van der Waals surface area contributed by atoms with Crippen LogP contribution in [0.1, 0.15) is 41.0 Å². The number of nitrogens with zero attached hydrogens (tertiary/aromatic N) is 3. The molecular weight excluding hydrogens is 420 g/mol. The molecule has 0 bridgehead atoms. The minimum Gasteiger partial charge on any atom is -0.378 e. The number of hydrogen-bond acceptors (Lipinski definition) is 6. The first kappa shape index (κ1) is 22.7. The van der Waals surface area contributed by atoms with E-state index in [1.54, 1.807) is 24.3 Å². The molecule has 0 aliphatic carbocycles. The third kappa shape index (κ3) is 4.97. The van der Waals surface area contributed by atoms with Gasteiger partial charge in [0.15, 0.2) is 11.7 Å². The van der Waals surface area contributed by atoms with Crippen molar-refractivity contribution in [2.45, 2.75) is 19.4 Å². The third-order valence-corrected chi connectivity index (χ3v) is 5.69. The predicted octanol–water partition coefficient (Wildman–Crippen LogP) is 3.48. The van der Waals surface area contributed by atoms with Gasteiger partial charge in [-0.15, -0.1) is 0 Å². The Morgan fingerprint density at radius 3 is 2.58 bits per heavy atom. The van der Waals surface area contributed by atoms with Gasteiger partial charge in [-0.1, -0.05) is 53.7 Å². The molecule has 0 radical (unpaired) electrons. The van der Waals surface area contributed by atoms with Gasteiger partial charge in [0, 0.05) is 36.9 Å². The molecule has 8 nitrogen and oxygen atoms in total. The van der Waals surface area contributed by atoms with Gasteiger partial charge in [-0.05, 0) is 25.5 Å². The van der Waals surface area contributed by atoms with Crippen LogP contribution in [0.5, 0.6) is 0 Å². The van der Waals surface area contributed by atoms with Gasteiger partial charge in [0.1, 0.15) is 11.3 Å². The van der Waals surface area contributed by atoms with Gasteiger partial charge in [-0.3, -0.25) is 4.79 Å². The number of benzene rings is 2. The first-order valence-electron chi connectivity index (χ1n) is 11.0. The van der Waals surface area contributed by atoms with Crippen LogP contribution in [0.15, 0.2) is 70.2 Å². The van der Waals surface area contributed by atoms with Crippen molar-refractivity contribution < 1.29 is 18.8 Å². The molecule has 3 aromatic rings. The van der Waals surface area contributed by atoms with Crippen LogP contribution in [0.25, 0.3) is 0 Å². The highest BCUT2D eigenvalue weighted by Crippen LogP contribution is 2.35. The minimum absolute atomic E-state index is 0.0555. The van der Waals surface area contributed by atoms with Gasteiger partial charge in [0.05, 0.1) is 13.2 Å². The smallest absolute Gasteiger partial charge is 0.253 e. The molecular formula is C25H28N4O4. The molecule has 1 aromatic heterocycles. The highest BCUT2D eigenvalue weighted by molar-refractivity contribution is 6.09. The molecule has 1 unspecified atom stereocenters. The molecule has 2 N–H and O–H groups in total. The molecule has 1 saturated heterocycles. The van der Waals surface area contributed by atoms with E-state index >= 15 is 0 Å². The lowest BCUT2D eigenvalue weighted by Gasteiger charge is -2.28. The van der Waals surface area contributed by atoms with Crippen molar-refractivity contribution in [1.29, 1.82) is 0 Å². The van der Waals surface area contributed by atoms with Crippen LogP contribution in [-0.2, 0) is 15.1 Å². The first-order chi connectivity index (χ1) is 16.0. The number of hydrogen-bond donors (Lipinski definition) is 1. The summed E-state index contributed by atoms with van der Waals surface area (Å²) in [6, 6.07) is 18.3. The van der Waals surface area contributed by atoms with Crippen LogP contribution in [-0.4, -0.2) is 54.7 Å². The summed E-state index contributed by atoms with van der Waals surface area (Å²) < 4.78 is 17.0. The van der Waals surface area contributed by atoms with E-state index in [4.69, 9.17) is 19.7 Å². The topological polar surface area (TPSA) is 103 Å². The van der Waals surface area contributed by atoms with E-state index in [0.29, 0.717) is 55.7 Å². The summed E-state index contributed by atoms with van der Waals surface area (Å²) in [5.41, 5.74) is 7.74. The summed E-state index contributed by atoms with van der Waals surface area (Å²) in [6.07, 6.45) is 0. The van der Waals surface area contributed by atoms with E-state index < -0.39 is 5.60 Å². The quantitative estimate of drug-likeness (QED) is 0.335. The fourth-order valence-electron chi connectivity index (χ4n) is 3.83. The second-order valence-corrected chi connectivity index (χ2v) is 7.86. The molecule has 1 fully saturated rings. The molecule has 33 heavy (non-hydrogen) atoms. The largest absolute Gasteiger partial charge is 0.378 e. The molecule has 0 amide bonds. The van der Waals surface area contributed by atoms with Crippen molar-refractivity contribution in [2.75, 3.05) is 32.9 Å². The lowest BCUT2D eigenvalue weighted by molar-refractivity contribution is -0.00126. The average molecular weight is 449 g/mol. The van der Waals surface area contributed by atoms with E-state index in [1.165, 1.54) is 0 Å². The Kier molecular flexibility index (Phi) is 6.86. The number of nitrogens with two attached hydrogens (primary N) is 1. The zero-order valence-corrected chi connectivity index (χ0v) is 18.9. The number of carbonyl (C=O) groups is 1. The number of rotatable bonds is 7. The van der Waals surface area contributed by atoms with Gasteiger partial charge in [0.2, 0.25) is 0 Å². The number of guanidine groups is 1. The zero-order valence-electron chi connectivity index (χ0n) is 18.9. The molecule has 172 valence electrons. The Hall–Kier alpha value is -3.49. The lowest BCUT2D eigenvalue weighted by Crippen LogP contribution is -2.44. The van der Waals surface area contributed by atoms with Crippen molar-refractivity contribution >= 4 is 17.6 Å². The standard InChI is InChI=1S/C25H28N4O4/c1-3-32-25(2,20-11-7-10-19(16-20)23(30)18-8-5-4-6-9-18)21-17-22(33-28-21)27-24(26)29-12-14-31-15-13-29/h4-11,16-17H,3,12-15H2,1-2H3,(H2,26,27). The summed E-state index contributed by atoms with van der Waals surface area (Å²) in [5, 5.41) is 4.22. The Bertz CT molecular complexity index is 1120. The van der Waals surface area contributed by atoms with Crippen LogP contribution >= 0.6 is 0 Å². The van der Waals surface area contributed by atoms with Gasteiger partial charge in [-0.25, -0.2) is 0 Å². The van der Waals surface area contributed by atoms with Crippen molar-refractivity contribution in [3.05, 3.63) is 83.0 Å². The monoisotopic (exact) mass is 448 g/mol. The van der Waals surface area contributed by atoms with Crippen molar-refractivity contribution in [2.24, 2.45) is 10.7 Å². The Balaban J connectivity index is 1.63. The molecule has 1 aliphatic rings. The van der Waals surface area contributed by atoms with Gasteiger partial charge in [0.25, 0.3) is 5.88 Å². The second-order valence-electron chi connectivity index (χ2n) is 7.86. The average Bonchev–Trinajstić information content (AvgIpc) is 3.34. The molecule has 1 aliphatic heterocycles. The van der Waals surface area contributed by atoms with Crippen LogP contribution in [0.3, 0.4) is 0 Å². The predicted molar refractivity (Wildman–Crippen MR) is 125 cm³/mol. The fraction of sp³-hybridized carbons (Fsp3) is 0.320. The minimum atomic E-state index is -0.938. The Morgan fingerprint density at radius 1 is 1.12 bits per heavy atom. The highest BCUT2D eigenvalue weighted by atomic mass is 16.5. The molecule has 1 atom stereocenters. The van der Waals surface area contributed by atoms with Gasteiger partial charge in [-0.2, -0.15) is 4.99 Å². The number of ether oxygens (including phenoxy) is 2. The maximum atomic E-state index is 13.0. The molecule has 4 rings (SSSR count). The maximum Gasteiger partial charge on any atom is 0.253 e. The number of aromatic nitrogens is 1. The van der Waals surface area contributed by atoms with Crippen molar-refractivity contribution in [3.63, 3.8) is 0 Å². The number of carbonyl (C=O) groups excluding carboxylic acids is 1. The maximum absolute atomic E-state index is 13.0. The van der Waals surface area contributed by atoms with E-state index in [0.717, 1.165) is 5.56 Å². The van der Waals surface area contributed by atoms with Gasteiger partial charge >= 0.3 is 0 Å². The Morgan fingerprint density at radius 2 is 1.85 bits per heavy atom. The summed E-state index contributed by atoms with van der Waals surface area (Å²) in [6.45, 7) is 6.82. The molecule has 0 spiro atoms. The van der Waals surface area contributed by atoms with Crippen molar-refractivity contribution in [1.82, 2.24) is 10.1 Å². The highest BCUT2D eigenvalue weighted by Gasteiger charge is 2.34. The number of morpholine rings is 1. The first-order valence-corrected chi connectivity index (χ1v) is 11.0. The van der Waals surface area contributed by atoms with Crippen molar-refractivity contribution in [3.8, 4) is 0 Å². The summed E-state index contributed by atoms with van der Waals surface area (Å²) >= 11 is 0. The van der Waals surface area contributed by atoms with E-state index in [2.05, 4.69) is 10.1 Å². The summed E-state index contributed by atoms with van der Waals surface area (Å²) in [7, 11) is 0. The van der Waals surface area contributed by atoms with E-state index in [-0.39, 0.29) is 11.7 Å². The normalized spacial score (nSPS) is 16.4. The van der Waals surface area contributed by atoms with E-state index in [9.17, 15) is 4.79 Å². The third-order valence-electron chi connectivity index (χ3n) is 5.69. The van der Waals surface area contributed by atoms with E-state index in [1.807, 2.05) is 55.1 Å².